The summed E-state index contributed by atoms with van der Waals surface area (Å²) in [5.41, 5.74) is 0.419. The number of aromatic carboxylic acids is 1. The molecule has 4 N–H and O–H groups in total. The van der Waals surface area contributed by atoms with E-state index in [1.807, 2.05) is 31.2 Å². The van der Waals surface area contributed by atoms with Crippen LogP contribution in [0.15, 0.2) is 40.5 Å². The van der Waals surface area contributed by atoms with Crippen LogP contribution in [0.1, 0.15) is 21.6 Å². The number of aromatic nitrogens is 2. The lowest BCUT2D eigenvalue weighted by Crippen LogP contribution is -2.16. The van der Waals surface area contributed by atoms with Crippen LogP contribution in [-0.2, 0) is 11.3 Å². The Bertz CT molecular complexity index is 1090. The SMILES string of the molecule is Cc1ccc(COC(=O)Nc2ccsc2-c2nc(C(=O)O)c(O)c(=O)[nH]2)cc1. The maximum Gasteiger partial charge on any atom is 0.412 e. The Labute approximate surface area is 162 Å². The molecule has 0 bridgehead atoms. The number of rotatable bonds is 5. The molecule has 0 aliphatic rings. The lowest BCUT2D eigenvalue weighted by atomic mass is 10.2. The van der Waals surface area contributed by atoms with Gasteiger partial charge < -0.3 is 19.9 Å². The lowest BCUT2D eigenvalue weighted by Gasteiger charge is -2.08. The van der Waals surface area contributed by atoms with E-state index in [0.717, 1.165) is 22.5 Å². The van der Waals surface area contributed by atoms with Gasteiger partial charge in [-0.05, 0) is 23.9 Å². The van der Waals surface area contributed by atoms with Gasteiger partial charge in [0.15, 0.2) is 11.5 Å². The molecule has 28 heavy (non-hydrogen) atoms. The number of hydrogen-bond acceptors (Lipinski definition) is 7. The summed E-state index contributed by atoms with van der Waals surface area (Å²) in [4.78, 5) is 41.3. The number of H-pyrrole nitrogens is 1. The van der Waals surface area contributed by atoms with Crippen molar-refractivity contribution in [1.29, 1.82) is 0 Å². The van der Waals surface area contributed by atoms with Gasteiger partial charge in [0.25, 0.3) is 5.56 Å². The number of hydrogen-bond donors (Lipinski definition) is 4. The summed E-state index contributed by atoms with van der Waals surface area (Å²) >= 11 is 1.12. The quantitative estimate of drug-likeness (QED) is 0.515. The number of carbonyl (C=O) groups is 2. The summed E-state index contributed by atoms with van der Waals surface area (Å²) in [6.45, 7) is 2.02. The van der Waals surface area contributed by atoms with Crippen molar-refractivity contribution in [2.75, 3.05) is 5.32 Å². The lowest BCUT2D eigenvalue weighted by molar-refractivity contribution is 0.0686. The summed E-state index contributed by atoms with van der Waals surface area (Å²) in [5, 5.41) is 22.7. The molecule has 1 aromatic carbocycles. The van der Waals surface area contributed by atoms with E-state index in [-0.39, 0.29) is 18.1 Å². The second-order valence-corrected chi connectivity index (χ2v) is 6.68. The number of aromatic amines is 1. The summed E-state index contributed by atoms with van der Waals surface area (Å²) in [6, 6.07) is 9.05. The van der Waals surface area contributed by atoms with Crippen molar-refractivity contribution in [2.24, 2.45) is 0 Å². The van der Waals surface area contributed by atoms with Crippen LogP contribution in [0.25, 0.3) is 10.7 Å². The van der Waals surface area contributed by atoms with Crippen molar-refractivity contribution in [3.63, 3.8) is 0 Å². The molecule has 9 nitrogen and oxygen atoms in total. The Morgan fingerprint density at radius 2 is 1.96 bits per heavy atom. The first-order chi connectivity index (χ1) is 13.3. The number of aromatic hydroxyl groups is 1. The van der Waals surface area contributed by atoms with Gasteiger partial charge in [0, 0.05) is 0 Å². The van der Waals surface area contributed by atoms with Gasteiger partial charge in [-0.2, -0.15) is 0 Å². The van der Waals surface area contributed by atoms with Crippen LogP contribution < -0.4 is 10.9 Å². The van der Waals surface area contributed by atoms with Gasteiger partial charge in [-0.15, -0.1) is 11.3 Å². The van der Waals surface area contributed by atoms with E-state index in [0.29, 0.717) is 4.88 Å². The van der Waals surface area contributed by atoms with E-state index in [4.69, 9.17) is 9.84 Å². The fourth-order valence-corrected chi connectivity index (χ4v) is 3.09. The maximum absolute atomic E-state index is 12.1. The Balaban J connectivity index is 1.77. The third kappa shape index (κ3) is 4.18. The van der Waals surface area contributed by atoms with E-state index < -0.39 is 29.1 Å². The van der Waals surface area contributed by atoms with Crippen molar-refractivity contribution >= 4 is 29.1 Å². The van der Waals surface area contributed by atoms with Gasteiger partial charge in [-0.1, -0.05) is 29.8 Å². The van der Waals surface area contributed by atoms with Gasteiger partial charge in [0.05, 0.1) is 10.6 Å². The van der Waals surface area contributed by atoms with Gasteiger partial charge in [-0.3, -0.25) is 10.1 Å². The predicted molar refractivity (Wildman–Crippen MR) is 102 cm³/mol. The average Bonchev–Trinajstić information content (AvgIpc) is 3.11. The topological polar surface area (TPSA) is 142 Å². The molecular weight excluding hydrogens is 386 g/mol. The van der Waals surface area contributed by atoms with Crippen LogP contribution in [0.5, 0.6) is 5.75 Å². The van der Waals surface area contributed by atoms with Gasteiger partial charge in [0.1, 0.15) is 6.61 Å². The number of amides is 1. The maximum atomic E-state index is 12.1. The zero-order valence-corrected chi connectivity index (χ0v) is 15.4. The second-order valence-electron chi connectivity index (χ2n) is 5.77. The fourth-order valence-electron chi connectivity index (χ4n) is 2.29. The molecule has 0 radical (unpaired) electrons. The molecule has 1 amide bonds. The van der Waals surface area contributed by atoms with Gasteiger partial charge in [-0.25, -0.2) is 14.6 Å². The van der Waals surface area contributed by atoms with Crippen LogP contribution >= 0.6 is 11.3 Å². The highest BCUT2D eigenvalue weighted by atomic mass is 32.1. The molecule has 0 spiro atoms. The van der Waals surface area contributed by atoms with Crippen LogP contribution in [0.2, 0.25) is 0 Å². The number of anilines is 1. The van der Waals surface area contributed by atoms with Crippen molar-refractivity contribution in [2.45, 2.75) is 13.5 Å². The van der Waals surface area contributed by atoms with Crippen LogP contribution in [-0.4, -0.2) is 32.2 Å². The zero-order valence-electron chi connectivity index (χ0n) is 14.6. The van der Waals surface area contributed by atoms with Crippen molar-refractivity contribution in [3.8, 4) is 16.5 Å². The van der Waals surface area contributed by atoms with Crippen molar-refractivity contribution < 1.29 is 24.5 Å². The van der Waals surface area contributed by atoms with E-state index >= 15 is 0 Å². The standard InChI is InChI=1S/C18H15N3O6S/c1-9-2-4-10(5-3-9)8-27-18(26)19-11-6-7-28-14(11)15-20-12(17(24)25)13(22)16(23)21-15/h2-7,22H,8H2,1H3,(H,19,26)(H,24,25)(H,20,21,23). The summed E-state index contributed by atoms with van der Waals surface area (Å²) in [7, 11) is 0. The molecule has 0 fully saturated rings. The first-order valence-electron chi connectivity index (χ1n) is 7.99. The molecule has 0 unspecified atom stereocenters. The Morgan fingerprint density at radius 3 is 2.64 bits per heavy atom. The highest BCUT2D eigenvalue weighted by molar-refractivity contribution is 7.14. The molecule has 0 saturated carbocycles. The number of carboxylic acids is 1. The molecule has 0 aliphatic carbocycles. The van der Waals surface area contributed by atoms with E-state index in [9.17, 15) is 19.5 Å². The molecule has 10 heteroatoms. The third-order valence-corrected chi connectivity index (χ3v) is 4.63. The van der Waals surface area contributed by atoms with Crippen LogP contribution in [0, 0.1) is 6.92 Å². The smallest absolute Gasteiger partial charge is 0.412 e. The van der Waals surface area contributed by atoms with Crippen LogP contribution in [0.3, 0.4) is 0 Å². The summed E-state index contributed by atoms with van der Waals surface area (Å²) in [5.74, 6) is -2.63. The Kier molecular flexibility index (Phi) is 5.41. The number of thiophene rings is 1. The number of carboxylic acid groups (broad SMARTS) is 1. The molecular formula is C18H15N3O6S. The third-order valence-electron chi connectivity index (χ3n) is 3.71. The number of nitrogens with zero attached hydrogens (tertiary/aromatic N) is 1. The second kappa shape index (κ2) is 7.92. The molecule has 0 atom stereocenters. The largest absolute Gasteiger partial charge is 0.501 e. The number of carbonyl (C=O) groups excluding carboxylic acids is 1. The number of benzene rings is 1. The van der Waals surface area contributed by atoms with E-state index in [2.05, 4.69) is 15.3 Å². The van der Waals surface area contributed by atoms with Crippen molar-refractivity contribution in [1.82, 2.24) is 9.97 Å². The molecule has 2 heterocycles. The Hall–Kier alpha value is -3.66. The van der Waals surface area contributed by atoms with Gasteiger partial charge >= 0.3 is 12.1 Å². The number of nitrogens with one attached hydrogen (secondary N) is 2. The van der Waals surface area contributed by atoms with E-state index in [1.54, 1.807) is 11.4 Å². The fraction of sp³-hybridized carbons (Fsp3) is 0.111. The highest BCUT2D eigenvalue weighted by Gasteiger charge is 2.20. The normalized spacial score (nSPS) is 10.5. The summed E-state index contributed by atoms with van der Waals surface area (Å²) < 4.78 is 5.17. The Morgan fingerprint density at radius 1 is 1.25 bits per heavy atom. The van der Waals surface area contributed by atoms with E-state index in [1.165, 1.54) is 0 Å². The molecule has 144 valence electrons. The minimum Gasteiger partial charge on any atom is -0.501 e. The monoisotopic (exact) mass is 401 g/mol. The minimum absolute atomic E-state index is 0.0725. The summed E-state index contributed by atoms with van der Waals surface area (Å²) in [6.07, 6.45) is -0.722. The molecule has 0 saturated heterocycles. The molecule has 0 aliphatic heterocycles. The number of aryl methyl sites for hydroxylation is 1. The first kappa shape index (κ1) is 19.1. The molecule has 3 aromatic rings. The zero-order chi connectivity index (χ0) is 20.3. The predicted octanol–water partition coefficient (Wildman–Crippen LogP) is 2.96. The van der Waals surface area contributed by atoms with Crippen molar-refractivity contribution in [3.05, 3.63) is 62.9 Å². The first-order valence-corrected chi connectivity index (χ1v) is 8.87. The molecule has 3 rings (SSSR count). The van der Waals surface area contributed by atoms with Crippen LogP contribution in [0.4, 0.5) is 10.5 Å². The molecule has 2 aromatic heterocycles. The highest BCUT2D eigenvalue weighted by Crippen LogP contribution is 2.31. The average molecular weight is 401 g/mol. The number of ether oxygens (including phenoxy) is 1. The van der Waals surface area contributed by atoms with Gasteiger partial charge in [0.2, 0.25) is 5.75 Å². The minimum atomic E-state index is -1.55.